The molecule has 2 unspecified atom stereocenters. The van der Waals surface area contributed by atoms with Crippen LogP contribution in [0, 0.1) is 5.92 Å². The van der Waals surface area contributed by atoms with Crippen LogP contribution in [0.3, 0.4) is 0 Å². The van der Waals surface area contributed by atoms with Crippen LogP contribution in [0.25, 0.3) is 0 Å². The molecule has 0 radical (unpaired) electrons. The summed E-state index contributed by atoms with van der Waals surface area (Å²) in [4.78, 5) is 6.01. The maximum absolute atomic E-state index is 5.84. The third-order valence-corrected chi connectivity index (χ3v) is 3.05. The van der Waals surface area contributed by atoms with Gasteiger partial charge in [-0.3, -0.25) is 4.99 Å². The molecule has 2 atom stereocenters. The second-order valence-electron chi connectivity index (χ2n) is 4.46. The summed E-state index contributed by atoms with van der Waals surface area (Å²) in [5.74, 6) is 0.719. The van der Waals surface area contributed by atoms with Crippen molar-refractivity contribution in [3.05, 3.63) is 24.7 Å². The molecule has 0 fully saturated rings. The fourth-order valence-electron chi connectivity index (χ4n) is 1.79. The molecular formula is C14H27N3. The highest BCUT2D eigenvalue weighted by molar-refractivity contribution is 5.76. The van der Waals surface area contributed by atoms with E-state index in [-0.39, 0.29) is 0 Å². The predicted octanol–water partition coefficient (Wildman–Crippen LogP) is 3.15. The van der Waals surface area contributed by atoms with E-state index in [9.17, 15) is 0 Å². The first kappa shape index (κ1) is 15.8. The number of nitrogens with two attached hydrogens (primary N) is 1. The summed E-state index contributed by atoms with van der Waals surface area (Å²) in [5, 5.41) is 0. The van der Waals surface area contributed by atoms with E-state index in [0.717, 1.165) is 18.8 Å². The van der Waals surface area contributed by atoms with Crippen molar-refractivity contribution in [2.75, 3.05) is 7.05 Å². The molecule has 0 amide bonds. The number of hydrogen-bond donors (Lipinski definition) is 1. The third-order valence-electron chi connectivity index (χ3n) is 3.05. The van der Waals surface area contributed by atoms with E-state index in [0.29, 0.717) is 11.7 Å². The van der Waals surface area contributed by atoms with Gasteiger partial charge in [0.2, 0.25) is 0 Å². The Morgan fingerprint density at radius 3 is 2.47 bits per heavy atom. The second-order valence-corrected chi connectivity index (χ2v) is 4.46. The van der Waals surface area contributed by atoms with E-state index in [1.165, 1.54) is 6.42 Å². The summed E-state index contributed by atoms with van der Waals surface area (Å²) in [6.45, 7) is 10.6. The molecular weight excluding hydrogens is 210 g/mol. The topological polar surface area (TPSA) is 41.6 Å². The molecule has 0 saturated carbocycles. The molecule has 0 rings (SSSR count). The molecule has 0 aromatic carbocycles. The molecule has 17 heavy (non-hydrogen) atoms. The predicted molar refractivity (Wildman–Crippen MR) is 76.9 cm³/mol. The van der Waals surface area contributed by atoms with Gasteiger partial charge in [0.25, 0.3) is 0 Å². The summed E-state index contributed by atoms with van der Waals surface area (Å²) in [5.41, 5.74) is 6.50. The second kappa shape index (κ2) is 8.85. The fraction of sp³-hybridized carbons (Fsp3) is 0.643. The normalized spacial score (nSPS) is 15.9. The molecule has 0 aliphatic carbocycles. The zero-order valence-corrected chi connectivity index (χ0v) is 11.7. The Kier molecular flexibility index (Phi) is 8.20. The molecule has 0 heterocycles. The lowest BCUT2D eigenvalue weighted by Crippen LogP contribution is -2.28. The van der Waals surface area contributed by atoms with Crippen LogP contribution in [0.2, 0.25) is 0 Å². The highest BCUT2D eigenvalue weighted by atomic mass is 15.1. The van der Waals surface area contributed by atoms with Gasteiger partial charge in [-0.2, -0.15) is 0 Å². The number of rotatable bonds is 8. The number of aliphatic imine (C=N–C) groups is 1. The molecule has 0 spiro atoms. The minimum Gasteiger partial charge on any atom is -0.396 e. The van der Waals surface area contributed by atoms with Crippen molar-refractivity contribution in [2.24, 2.45) is 16.6 Å². The zero-order valence-electron chi connectivity index (χ0n) is 11.7. The van der Waals surface area contributed by atoms with Crippen LogP contribution in [-0.2, 0) is 0 Å². The monoisotopic (exact) mass is 237 g/mol. The van der Waals surface area contributed by atoms with E-state index in [2.05, 4.69) is 37.2 Å². The number of allylic oxidation sites excluding steroid dienone is 1. The van der Waals surface area contributed by atoms with Gasteiger partial charge in [0.1, 0.15) is 0 Å². The SMILES string of the molecule is C=CN(/C=C(N)\C=N/C)C(CC)CC(C)CC. The summed E-state index contributed by atoms with van der Waals surface area (Å²) in [6.07, 6.45) is 8.86. The molecule has 3 nitrogen and oxygen atoms in total. The Balaban J connectivity index is 4.69. The first-order valence-corrected chi connectivity index (χ1v) is 6.38. The van der Waals surface area contributed by atoms with Crippen LogP contribution in [0.15, 0.2) is 29.7 Å². The van der Waals surface area contributed by atoms with Gasteiger partial charge in [0.05, 0.1) is 5.70 Å². The molecule has 0 aliphatic heterocycles. The molecule has 0 saturated heterocycles. The number of hydrogen-bond acceptors (Lipinski definition) is 3. The van der Waals surface area contributed by atoms with E-state index in [4.69, 9.17) is 5.73 Å². The lowest BCUT2D eigenvalue weighted by molar-refractivity contribution is 0.290. The minimum absolute atomic E-state index is 0.464. The molecule has 98 valence electrons. The summed E-state index contributed by atoms with van der Waals surface area (Å²) in [7, 11) is 1.72. The van der Waals surface area contributed by atoms with Gasteiger partial charge in [-0.1, -0.05) is 33.8 Å². The molecule has 3 heteroatoms. The molecule has 0 aliphatic rings. The Morgan fingerprint density at radius 1 is 1.41 bits per heavy atom. The quantitative estimate of drug-likeness (QED) is 0.659. The van der Waals surface area contributed by atoms with Crippen LogP contribution in [0.4, 0.5) is 0 Å². The highest BCUT2D eigenvalue weighted by Gasteiger charge is 2.14. The zero-order chi connectivity index (χ0) is 13.3. The first-order valence-electron chi connectivity index (χ1n) is 6.38. The lowest BCUT2D eigenvalue weighted by atomic mass is 9.97. The Labute approximate surface area is 106 Å². The lowest BCUT2D eigenvalue weighted by Gasteiger charge is -2.28. The van der Waals surface area contributed by atoms with Gasteiger partial charge in [0, 0.05) is 25.5 Å². The summed E-state index contributed by atoms with van der Waals surface area (Å²) >= 11 is 0. The van der Waals surface area contributed by atoms with Gasteiger partial charge < -0.3 is 10.6 Å². The Bertz CT molecular complexity index is 269. The van der Waals surface area contributed by atoms with Crippen molar-refractivity contribution >= 4 is 6.21 Å². The van der Waals surface area contributed by atoms with Crippen LogP contribution in [0.1, 0.15) is 40.0 Å². The average molecular weight is 237 g/mol. The van der Waals surface area contributed by atoms with Crippen LogP contribution in [-0.4, -0.2) is 24.2 Å². The van der Waals surface area contributed by atoms with Crippen molar-refractivity contribution in [1.82, 2.24) is 4.90 Å². The van der Waals surface area contributed by atoms with Crippen molar-refractivity contribution in [3.63, 3.8) is 0 Å². The molecule has 0 bridgehead atoms. The Morgan fingerprint density at radius 2 is 2.06 bits per heavy atom. The van der Waals surface area contributed by atoms with Gasteiger partial charge in [-0.05, 0) is 25.0 Å². The van der Waals surface area contributed by atoms with E-state index in [1.807, 2.05) is 12.4 Å². The third kappa shape index (κ3) is 6.15. The standard InChI is InChI=1S/C14H27N3/c1-6-12(4)9-14(7-2)17(8-3)11-13(15)10-16-5/h8,10-12,14H,3,6-7,9,15H2,1-2,4-5H3/b13-11+,16-10-. The van der Waals surface area contributed by atoms with Gasteiger partial charge in [0.15, 0.2) is 0 Å². The fourth-order valence-corrected chi connectivity index (χ4v) is 1.79. The molecule has 2 N–H and O–H groups in total. The van der Waals surface area contributed by atoms with Crippen molar-refractivity contribution < 1.29 is 0 Å². The Hall–Kier alpha value is -1.25. The maximum atomic E-state index is 5.84. The highest BCUT2D eigenvalue weighted by Crippen LogP contribution is 2.18. The maximum Gasteiger partial charge on any atom is 0.0660 e. The average Bonchev–Trinajstić information content (AvgIpc) is 2.33. The van der Waals surface area contributed by atoms with E-state index >= 15 is 0 Å². The first-order chi connectivity index (χ1) is 8.08. The van der Waals surface area contributed by atoms with Crippen LogP contribution >= 0.6 is 0 Å². The van der Waals surface area contributed by atoms with Crippen LogP contribution in [0.5, 0.6) is 0 Å². The van der Waals surface area contributed by atoms with Gasteiger partial charge in [-0.15, -0.1) is 0 Å². The summed E-state index contributed by atoms with van der Waals surface area (Å²) in [6, 6.07) is 0.464. The molecule has 0 aromatic heterocycles. The minimum atomic E-state index is 0.464. The van der Waals surface area contributed by atoms with E-state index in [1.54, 1.807) is 13.3 Å². The van der Waals surface area contributed by atoms with Gasteiger partial charge >= 0.3 is 0 Å². The van der Waals surface area contributed by atoms with E-state index < -0.39 is 0 Å². The van der Waals surface area contributed by atoms with Crippen molar-refractivity contribution in [1.29, 1.82) is 0 Å². The largest absolute Gasteiger partial charge is 0.396 e. The van der Waals surface area contributed by atoms with Gasteiger partial charge in [-0.25, -0.2) is 0 Å². The van der Waals surface area contributed by atoms with Crippen molar-refractivity contribution in [3.8, 4) is 0 Å². The number of nitrogens with zero attached hydrogens (tertiary/aromatic N) is 2. The summed E-state index contributed by atoms with van der Waals surface area (Å²) < 4.78 is 0. The van der Waals surface area contributed by atoms with Crippen molar-refractivity contribution in [2.45, 2.75) is 46.1 Å². The smallest absolute Gasteiger partial charge is 0.0660 e. The van der Waals surface area contributed by atoms with Crippen LogP contribution < -0.4 is 5.73 Å². The molecule has 0 aromatic rings.